The lowest BCUT2D eigenvalue weighted by Crippen LogP contribution is -2.61. The predicted octanol–water partition coefficient (Wildman–Crippen LogP) is -0.686. The van der Waals surface area contributed by atoms with Crippen LogP contribution >= 0.6 is 0 Å². The lowest BCUT2D eigenvalue weighted by molar-refractivity contribution is -0.254. The Morgan fingerprint density at radius 2 is 1.78 bits per heavy atom. The topological polar surface area (TPSA) is 159 Å². The lowest BCUT2D eigenvalue weighted by Gasteiger charge is -2.38. The van der Waals surface area contributed by atoms with Gasteiger partial charge in [0.2, 0.25) is 11.7 Å². The number of aliphatic hydroxyl groups is 3. The number of aliphatic hydroxyl groups excluding tert-OH is 3. The van der Waals surface area contributed by atoms with Crippen molar-refractivity contribution in [2.75, 3.05) is 0 Å². The highest BCUT2D eigenvalue weighted by molar-refractivity contribution is 7.86. The Morgan fingerprint density at radius 1 is 1.11 bits per heavy atom. The van der Waals surface area contributed by atoms with Gasteiger partial charge in [-0.1, -0.05) is 0 Å². The molecule has 0 aliphatic carbocycles. The maximum atomic E-state index is 14.3. The van der Waals surface area contributed by atoms with Crippen molar-refractivity contribution in [1.29, 1.82) is 0 Å². The van der Waals surface area contributed by atoms with Crippen molar-refractivity contribution in [3.05, 3.63) is 42.6 Å². The molecule has 0 spiro atoms. The first-order chi connectivity index (χ1) is 12.7. The molecule has 3 rings (SSSR count). The first kappa shape index (κ1) is 19.5. The molecular formula is C15H15FN2O8S. The van der Waals surface area contributed by atoms with Gasteiger partial charge < -0.3 is 24.8 Å². The Balaban J connectivity index is 1.83. The number of nitrogens with zero attached hydrogens (tertiary/aromatic N) is 2. The second-order valence-electron chi connectivity index (χ2n) is 5.71. The minimum absolute atomic E-state index is 0.00105. The van der Waals surface area contributed by atoms with Crippen LogP contribution in [0, 0.1) is 5.82 Å². The van der Waals surface area contributed by atoms with Crippen molar-refractivity contribution >= 4 is 10.1 Å². The lowest BCUT2D eigenvalue weighted by atomic mass is 10.1. The van der Waals surface area contributed by atoms with Crippen LogP contribution in [0.3, 0.4) is 0 Å². The van der Waals surface area contributed by atoms with Crippen LogP contribution < -0.4 is 4.74 Å². The van der Waals surface area contributed by atoms with E-state index in [0.29, 0.717) is 5.56 Å². The van der Waals surface area contributed by atoms with Crippen LogP contribution in [0.15, 0.2) is 36.8 Å². The van der Waals surface area contributed by atoms with Crippen molar-refractivity contribution in [1.82, 2.24) is 9.97 Å². The number of pyridine rings is 2. The van der Waals surface area contributed by atoms with E-state index in [-0.39, 0.29) is 11.4 Å². The summed E-state index contributed by atoms with van der Waals surface area (Å²) in [5, 5.41) is 29.3. The van der Waals surface area contributed by atoms with E-state index >= 15 is 0 Å². The van der Waals surface area contributed by atoms with Gasteiger partial charge in [-0.2, -0.15) is 8.42 Å². The van der Waals surface area contributed by atoms with Gasteiger partial charge in [0.1, 0.15) is 29.8 Å². The molecule has 12 heteroatoms. The second kappa shape index (κ2) is 7.42. The standard InChI is InChI=1S/C15H15FN2O8S/c16-9-5-8(6-18-10(9)7-1-3-17-4-2-7)25-14-12(20)11(19)13(21)15(26-14)27(22,23)24/h1-6,11-15,19-21H,(H,22,23,24)/t11-,12-,13+,14-,15?/m1/s1. The van der Waals surface area contributed by atoms with Crippen molar-refractivity contribution < 1.29 is 42.2 Å². The van der Waals surface area contributed by atoms with Crippen LogP contribution in [0.2, 0.25) is 0 Å². The highest BCUT2D eigenvalue weighted by Crippen LogP contribution is 2.28. The monoisotopic (exact) mass is 402 g/mol. The average molecular weight is 402 g/mol. The van der Waals surface area contributed by atoms with E-state index in [2.05, 4.69) is 9.97 Å². The molecule has 0 saturated carbocycles. The molecule has 2 aromatic rings. The van der Waals surface area contributed by atoms with E-state index in [9.17, 15) is 28.1 Å². The summed E-state index contributed by atoms with van der Waals surface area (Å²) in [6.45, 7) is 0. The molecule has 27 heavy (non-hydrogen) atoms. The molecule has 1 fully saturated rings. The molecule has 1 saturated heterocycles. The summed E-state index contributed by atoms with van der Waals surface area (Å²) in [5.41, 5.74) is -1.80. The molecule has 10 nitrogen and oxygen atoms in total. The minimum Gasteiger partial charge on any atom is -0.460 e. The zero-order valence-corrected chi connectivity index (χ0v) is 14.3. The Hall–Kier alpha value is -2.22. The molecule has 146 valence electrons. The molecule has 1 aliphatic heterocycles. The summed E-state index contributed by atoms with van der Waals surface area (Å²) >= 11 is 0. The van der Waals surface area contributed by atoms with Crippen LogP contribution in [0.5, 0.6) is 5.75 Å². The highest BCUT2D eigenvalue weighted by atomic mass is 32.2. The number of ether oxygens (including phenoxy) is 2. The zero-order valence-electron chi connectivity index (χ0n) is 13.5. The van der Waals surface area contributed by atoms with E-state index in [1.165, 1.54) is 24.5 Å². The van der Waals surface area contributed by atoms with Gasteiger partial charge in [0.25, 0.3) is 10.1 Å². The number of hydrogen-bond donors (Lipinski definition) is 4. The fraction of sp³-hybridized carbons (Fsp3) is 0.333. The second-order valence-corrected chi connectivity index (χ2v) is 7.21. The summed E-state index contributed by atoms with van der Waals surface area (Å²) < 4.78 is 55.8. The molecule has 3 heterocycles. The van der Waals surface area contributed by atoms with E-state index in [0.717, 1.165) is 12.3 Å². The Morgan fingerprint density at radius 3 is 2.37 bits per heavy atom. The molecule has 4 N–H and O–H groups in total. The van der Waals surface area contributed by atoms with Gasteiger partial charge in [-0.3, -0.25) is 9.54 Å². The Labute approximate surface area is 152 Å². The van der Waals surface area contributed by atoms with Crippen LogP contribution in [0.1, 0.15) is 0 Å². The van der Waals surface area contributed by atoms with Crippen molar-refractivity contribution in [2.24, 2.45) is 0 Å². The van der Waals surface area contributed by atoms with E-state index in [4.69, 9.17) is 14.0 Å². The van der Waals surface area contributed by atoms with E-state index in [1.807, 2.05) is 0 Å². The highest BCUT2D eigenvalue weighted by Gasteiger charge is 2.50. The summed E-state index contributed by atoms with van der Waals surface area (Å²) in [4.78, 5) is 7.71. The maximum Gasteiger partial charge on any atom is 0.295 e. The van der Waals surface area contributed by atoms with Crippen LogP contribution in [-0.4, -0.2) is 68.3 Å². The molecular weight excluding hydrogens is 387 g/mol. The third kappa shape index (κ3) is 4.05. The fourth-order valence-electron chi connectivity index (χ4n) is 2.50. The number of rotatable bonds is 4. The van der Waals surface area contributed by atoms with E-state index in [1.54, 1.807) is 0 Å². The number of aromatic nitrogens is 2. The third-order valence-corrected chi connectivity index (χ3v) is 4.82. The zero-order chi connectivity index (χ0) is 19.8. The Kier molecular flexibility index (Phi) is 5.37. The number of hydrogen-bond acceptors (Lipinski definition) is 9. The molecule has 0 aromatic carbocycles. The van der Waals surface area contributed by atoms with Gasteiger partial charge in [0, 0.05) is 24.0 Å². The summed E-state index contributed by atoms with van der Waals surface area (Å²) in [5.74, 6) is -1.03. The van der Waals surface area contributed by atoms with Crippen LogP contribution in [-0.2, 0) is 14.9 Å². The predicted molar refractivity (Wildman–Crippen MR) is 86.3 cm³/mol. The quantitative estimate of drug-likeness (QED) is 0.482. The minimum atomic E-state index is -4.93. The number of halogens is 1. The van der Waals surface area contributed by atoms with Gasteiger partial charge in [0.05, 0.1) is 6.20 Å². The van der Waals surface area contributed by atoms with Crippen molar-refractivity contribution in [2.45, 2.75) is 30.0 Å². The van der Waals surface area contributed by atoms with Crippen molar-refractivity contribution in [3.63, 3.8) is 0 Å². The summed E-state index contributed by atoms with van der Waals surface area (Å²) in [6, 6.07) is 3.99. The van der Waals surface area contributed by atoms with Gasteiger partial charge in [-0.15, -0.1) is 0 Å². The summed E-state index contributed by atoms with van der Waals surface area (Å²) in [6.07, 6.45) is -3.80. The van der Waals surface area contributed by atoms with Crippen LogP contribution in [0.25, 0.3) is 11.3 Å². The molecule has 1 aliphatic rings. The molecule has 1 unspecified atom stereocenters. The Bertz CT molecular complexity index is 913. The first-order valence-electron chi connectivity index (χ1n) is 7.57. The molecule has 0 bridgehead atoms. The average Bonchev–Trinajstić information content (AvgIpc) is 2.62. The molecule has 2 aromatic heterocycles. The molecule has 5 atom stereocenters. The maximum absolute atomic E-state index is 14.3. The van der Waals surface area contributed by atoms with E-state index < -0.39 is 46.0 Å². The van der Waals surface area contributed by atoms with Gasteiger partial charge >= 0.3 is 0 Å². The first-order valence-corrected chi connectivity index (χ1v) is 9.07. The SMILES string of the molecule is O=S(=O)(O)C1O[C@@H](Oc2cnc(-c3ccncc3)c(F)c2)[C@H](O)[C@@H](O)[C@@H]1O. The van der Waals surface area contributed by atoms with Gasteiger partial charge in [-0.05, 0) is 12.1 Å². The molecule has 0 amide bonds. The van der Waals surface area contributed by atoms with Gasteiger partial charge in [0.15, 0.2) is 5.82 Å². The normalized spacial score (nSPS) is 28.7. The van der Waals surface area contributed by atoms with Crippen LogP contribution in [0.4, 0.5) is 4.39 Å². The third-order valence-electron chi connectivity index (χ3n) is 3.84. The smallest absolute Gasteiger partial charge is 0.295 e. The summed E-state index contributed by atoms with van der Waals surface area (Å²) in [7, 11) is -4.93. The largest absolute Gasteiger partial charge is 0.460 e. The van der Waals surface area contributed by atoms with Gasteiger partial charge in [-0.25, -0.2) is 9.37 Å². The molecule has 0 radical (unpaired) electrons. The van der Waals surface area contributed by atoms with Crippen molar-refractivity contribution in [3.8, 4) is 17.0 Å². The fourth-order valence-corrected chi connectivity index (χ4v) is 3.27.